The molecule has 0 aliphatic heterocycles. The lowest BCUT2D eigenvalue weighted by atomic mass is 10.1. The van der Waals surface area contributed by atoms with Crippen molar-refractivity contribution in [3.05, 3.63) is 35.2 Å². The molecule has 0 bridgehead atoms. The third-order valence-corrected chi connectivity index (χ3v) is 3.33. The van der Waals surface area contributed by atoms with Crippen LogP contribution in [0.25, 0.3) is 0 Å². The van der Waals surface area contributed by atoms with Gasteiger partial charge in [-0.3, -0.25) is 0 Å². The molecular weight excluding hydrogens is 230 g/mol. The molecule has 6 nitrogen and oxygen atoms in total. The lowest BCUT2D eigenvalue weighted by Gasteiger charge is -2.13. The second kappa shape index (κ2) is 4.73. The molecule has 1 aliphatic carbocycles. The van der Waals surface area contributed by atoms with E-state index < -0.39 is 0 Å². The van der Waals surface area contributed by atoms with Crippen LogP contribution < -0.4 is 10.1 Å². The lowest BCUT2D eigenvalue weighted by Crippen LogP contribution is -2.19. The topological polar surface area (TPSA) is 75.7 Å². The van der Waals surface area contributed by atoms with Crippen molar-refractivity contribution < 1.29 is 4.74 Å². The molecule has 0 saturated carbocycles. The third kappa shape index (κ3) is 2.06. The van der Waals surface area contributed by atoms with Crippen molar-refractivity contribution >= 4 is 0 Å². The molecule has 0 saturated heterocycles. The summed E-state index contributed by atoms with van der Waals surface area (Å²) < 4.78 is 5.27. The molecule has 6 heteroatoms. The molecule has 94 valence electrons. The van der Waals surface area contributed by atoms with Crippen LogP contribution in [-0.2, 0) is 13.0 Å². The van der Waals surface area contributed by atoms with Gasteiger partial charge in [-0.1, -0.05) is 11.3 Å². The number of aromatic amines is 1. The molecule has 1 aromatic carbocycles. The van der Waals surface area contributed by atoms with Crippen LogP contribution in [0.4, 0.5) is 0 Å². The average molecular weight is 245 g/mol. The fourth-order valence-electron chi connectivity index (χ4n) is 2.39. The van der Waals surface area contributed by atoms with Gasteiger partial charge in [0.05, 0.1) is 13.7 Å². The van der Waals surface area contributed by atoms with Crippen LogP contribution in [0.15, 0.2) is 18.2 Å². The van der Waals surface area contributed by atoms with E-state index in [0.717, 1.165) is 18.6 Å². The zero-order chi connectivity index (χ0) is 12.4. The molecule has 1 heterocycles. The molecule has 0 spiro atoms. The number of fused-ring (bicyclic) bond motifs is 1. The molecule has 0 amide bonds. The highest BCUT2D eigenvalue weighted by atomic mass is 16.5. The Labute approximate surface area is 105 Å². The van der Waals surface area contributed by atoms with E-state index in [1.165, 1.54) is 11.1 Å². The minimum atomic E-state index is 0.341. The van der Waals surface area contributed by atoms with Crippen molar-refractivity contribution in [3.63, 3.8) is 0 Å². The lowest BCUT2D eigenvalue weighted by molar-refractivity contribution is 0.413. The molecule has 1 atom stereocenters. The van der Waals surface area contributed by atoms with Crippen molar-refractivity contribution in [1.29, 1.82) is 0 Å². The molecule has 0 radical (unpaired) electrons. The number of tetrazole rings is 1. The van der Waals surface area contributed by atoms with Crippen molar-refractivity contribution in [1.82, 2.24) is 25.9 Å². The number of H-pyrrole nitrogens is 1. The molecule has 1 aromatic heterocycles. The molecule has 18 heavy (non-hydrogen) atoms. The summed E-state index contributed by atoms with van der Waals surface area (Å²) in [5, 5.41) is 17.3. The van der Waals surface area contributed by atoms with E-state index in [9.17, 15) is 0 Å². The Hall–Kier alpha value is -1.95. The second-order valence-corrected chi connectivity index (χ2v) is 4.36. The summed E-state index contributed by atoms with van der Waals surface area (Å²) in [5.74, 6) is 1.59. The van der Waals surface area contributed by atoms with Gasteiger partial charge in [0.2, 0.25) is 0 Å². The van der Waals surface area contributed by atoms with E-state index in [1.54, 1.807) is 7.11 Å². The van der Waals surface area contributed by atoms with Gasteiger partial charge in [-0.2, -0.15) is 5.21 Å². The van der Waals surface area contributed by atoms with Crippen LogP contribution >= 0.6 is 0 Å². The quantitative estimate of drug-likeness (QED) is 0.840. The molecule has 0 fully saturated rings. The molecule has 1 unspecified atom stereocenters. The number of methoxy groups -OCH3 is 1. The highest BCUT2D eigenvalue weighted by molar-refractivity contribution is 5.40. The Kier molecular flexibility index (Phi) is 2.93. The summed E-state index contributed by atoms with van der Waals surface area (Å²) in [6.07, 6.45) is 2.20. The van der Waals surface area contributed by atoms with E-state index in [1.807, 2.05) is 6.07 Å². The number of aromatic nitrogens is 4. The van der Waals surface area contributed by atoms with Gasteiger partial charge >= 0.3 is 0 Å². The van der Waals surface area contributed by atoms with Crippen molar-refractivity contribution in [2.45, 2.75) is 25.4 Å². The Morgan fingerprint density at radius 2 is 2.44 bits per heavy atom. The van der Waals surface area contributed by atoms with Crippen LogP contribution in [0.5, 0.6) is 5.75 Å². The van der Waals surface area contributed by atoms with Gasteiger partial charge in [-0.05, 0) is 36.1 Å². The van der Waals surface area contributed by atoms with E-state index in [4.69, 9.17) is 4.74 Å². The first-order valence-electron chi connectivity index (χ1n) is 5.99. The van der Waals surface area contributed by atoms with Crippen LogP contribution in [0.2, 0.25) is 0 Å². The maximum atomic E-state index is 5.27. The van der Waals surface area contributed by atoms with Gasteiger partial charge in [0.1, 0.15) is 5.75 Å². The van der Waals surface area contributed by atoms with Crippen LogP contribution in [-0.4, -0.2) is 27.7 Å². The Balaban J connectivity index is 1.73. The van der Waals surface area contributed by atoms with E-state index >= 15 is 0 Å². The zero-order valence-corrected chi connectivity index (χ0v) is 10.2. The average Bonchev–Trinajstić information content (AvgIpc) is 3.05. The monoisotopic (exact) mass is 245 g/mol. The minimum absolute atomic E-state index is 0.341. The smallest absolute Gasteiger partial charge is 0.188 e. The van der Waals surface area contributed by atoms with Crippen LogP contribution in [0, 0.1) is 0 Å². The number of rotatable bonds is 4. The fraction of sp³-hybridized carbons (Fsp3) is 0.417. The first kappa shape index (κ1) is 11.2. The Bertz CT molecular complexity index is 525. The Morgan fingerprint density at radius 1 is 1.50 bits per heavy atom. The number of benzene rings is 1. The SMILES string of the molecule is COc1ccc2c(c1)C(NCc1nn[nH]n1)CC2. The Morgan fingerprint density at radius 3 is 3.22 bits per heavy atom. The van der Waals surface area contributed by atoms with Gasteiger partial charge in [0.15, 0.2) is 5.82 Å². The maximum Gasteiger partial charge on any atom is 0.188 e. The minimum Gasteiger partial charge on any atom is -0.497 e. The zero-order valence-electron chi connectivity index (χ0n) is 10.2. The maximum absolute atomic E-state index is 5.27. The van der Waals surface area contributed by atoms with E-state index in [0.29, 0.717) is 18.4 Å². The number of nitrogens with one attached hydrogen (secondary N) is 2. The number of aryl methyl sites for hydroxylation is 1. The fourth-order valence-corrected chi connectivity index (χ4v) is 2.39. The summed E-state index contributed by atoms with van der Waals surface area (Å²) >= 11 is 0. The molecule has 3 rings (SSSR count). The summed E-state index contributed by atoms with van der Waals surface area (Å²) in [7, 11) is 1.69. The molecule has 2 aromatic rings. The number of nitrogens with zero attached hydrogens (tertiary/aromatic N) is 3. The summed E-state index contributed by atoms with van der Waals surface area (Å²) in [5.41, 5.74) is 2.71. The highest BCUT2D eigenvalue weighted by Gasteiger charge is 2.22. The standard InChI is InChI=1S/C12H15N5O/c1-18-9-4-2-8-3-5-11(10(8)6-9)13-7-12-14-16-17-15-12/h2,4,6,11,13H,3,5,7H2,1H3,(H,14,15,16,17). The number of hydrogen-bond acceptors (Lipinski definition) is 5. The largest absolute Gasteiger partial charge is 0.497 e. The highest BCUT2D eigenvalue weighted by Crippen LogP contribution is 2.33. The molecule has 1 aliphatic rings. The van der Waals surface area contributed by atoms with E-state index in [-0.39, 0.29) is 0 Å². The third-order valence-electron chi connectivity index (χ3n) is 3.33. The van der Waals surface area contributed by atoms with Crippen molar-refractivity contribution in [3.8, 4) is 5.75 Å². The summed E-state index contributed by atoms with van der Waals surface area (Å²) in [6.45, 7) is 0.623. The summed E-state index contributed by atoms with van der Waals surface area (Å²) in [4.78, 5) is 0. The molecular formula is C12H15N5O. The van der Waals surface area contributed by atoms with Crippen LogP contribution in [0.1, 0.15) is 29.4 Å². The summed E-state index contributed by atoms with van der Waals surface area (Å²) in [6, 6.07) is 6.61. The van der Waals surface area contributed by atoms with E-state index in [2.05, 4.69) is 38.1 Å². The second-order valence-electron chi connectivity index (χ2n) is 4.36. The van der Waals surface area contributed by atoms with Gasteiger partial charge in [-0.25, -0.2) is 0 Å². The van der Waals surface area contributed by atoms with Gasteiger partial charge < -0.3 is 10.1 Å². The predicted molar refractivity (Wildman–Crippen MR) is 65.1 cm³/mol. The van der Waals surface area contributed by atoms with Gasteiger partial charge in [0.25, 0.3) is 0 Å². The van der Waals surface area contributed by atoms with Gasteiger partial charge in [-0.15, -0.1) is 10.2 Å². The van der Waals surface area contributed by atoms with Crippen LogP contribution in [0.3, 0.4) is 0 Å². The van der Waals surface area contributed by atoms with Crippen molar-refractivity contribution in [2.24, 2.45) is 0 Å². The number of hydrogen-bond donors (Lipinski definition) is 2. The first-order chi connectivity index (χ1) is 8.86. The van der Waals surface area contributed by atoms with Gasteiger partial charge in [0, 0.05) is 6.04 Å². The van der Waals surface area contributed by atoms with Crippen molar-refractivity contribution in [2.75, 3.05) is 7.11 Å². The normalized spacial score (nSPS) is 17.7. The molecule has 2 N–H and O–H groups in total. The predicted octanol–water partition coefficient (Wildman–Crippen LogP) is 0.985. The number of ether oxygens (including phenoxy) is 1. The first-order valence-corrected chi connectivity index (χ1v) is 5.99.